The lowest BCUT2D eigenvalue weighted by Gasteiger charge is -2.41. The third-order valence-corrected chi connectivity index (χ3v) is 3.84. The van der Waals surface area contributed by atoms with Gasteiger partial charge in [0, 0.05) is 24.5 Å². The fourth-order valence-electron chi connectivity index (χ4n) is 2.70. The number of rotatable bonds is 4. The Labute approximate surface area is 112 Å². The molecule has 1 aliphatic heterocycles. The molecule has 1 amide bonds. The number of hydrogen-bond acceptors (Lipinski definition) is 2. The smallest absolute Gasteiger partial charge is 0.227 e. The zero-order valence-corrected chi connectivity index (χ0v) is 12.8. The van der Waals surface area contributed by atoms with E-state index in [0.717, 1.165) is 32.5 Å². The van der Waals surface area contributed by atoms with Crippen molar-refractivity contribution < 1.29 is 4.79 Å². The second-order valence-corrected chi connectivity index (χ2v) is 6.52. The number of carbonyl (C=O) groups is 1. The van der Waals surface area contributed by atoms with E-state index in [1.165, 1.54) is 6.42 Å². The minimum Gasteiger partial charge on any atom is -0.342 e. The van der Waals surface area contributed by atoms with Crippen molar-refractivity contribution >= 4 is 5.91 Å². The van der Waals surface area contributed by atoms with Gasteiger partial charge < -0.3 is 10.2 Å². The first-order chi connectivity index (χ1) is 8.40. The largest absolute Gasteiger partial charge is 0.342 e. The fraction of sp³-hybridized carbons (Fsp3) is 0.933. The van der Waals surface area contributed by atoms with Crippen LogP contribution in [0, 0.1) is 11.3 Å². The minimum absolute atomic E-state index is 0.248. The highest BCUT2D eigenvalue weighted by Crippen LogP contribution is 2.25. The Morgan fingerprint density at radius 2 is 2.00 bits per heavy atom. The van der Waals surface area contributed by atoms with Gasteiger partial charge in [-0.05, 0) is 25.3 Å². The van der Waals surface area contributed by atoms with Gasteiger partial charge in [0.1, 0.15) is 0 Å². The zero-order chi connectivity index (χ0) is 13.8. The number of likely N-dealkylation sites (tertiary alicyclic amines) is 1. The molecule has 0 aromatic carbocycles. The molecule has 0 aromatic heterocycles. The molecule has 0 bridgehead atoms. The summed E-state index contributed by atoms with van der Waals surface area (Å²) >= 11 is 0. The predicted molar refractivity (Wildman–Crippen MR) is 76.5 cm³/mol. The third kappa shape index (κ3) is 3.98. The van der Waals surface area contributed by atoms with Gasteiger partial charge in [-0.2, -0.15) is 0 Å². The van der Waals surface area contributed by atoms with E-state index in [9.17, 15) is 4.79 Å². The molecule has 0 radical (unpaired) electrons. The molecule has 106 valence electrons. The van der Waals surface area contributed by atoms with Gasteiger partial charge in [0.25, 0.3) is 0 Å². The van der Waals surface area contributed by atoms with Gasteiger partial charge in [-0.3, -0.25) is 4.79 Å². The maximum atomic E-state index is 12.3. The molecule has 3 nitrogen and oxygen atoms in total. The molecule has 1 heterocycles. The van der Waals surface area contributed by atoms with E-state index < -0.39 is 0 Å². The molecule has 18 heavy (non-hydrogen) atoms. The first-order valence-corrected chi connectivity index (χ1v) is 7.42. The van der Waals surface area contributed by atoms with Crippen LogP contribution in [0.4, 0.5) is 0 Å². The predicted octanol–water partition coefficient (Wildman–Crippen LogP) is 2.66. The summed E-state index contributed by atoms with van der Waals surface area (Å²) in [5, 5.41) is 3.63. The van der Waals surface area contributed by atoms with Gasteiger partial charge in [-0.15, -0.1) is 0 Å². The Kier molecular flexibility index (Phi) is 5.64. The molecule has 0 aromatic rings. The van der Waals surface area contributed by atoms with Crippen molar-refractivity contribution in [2.24, 2.45) is 11.3 Å². The lowest BCUT2D eigenvalue weighted by molar-refractivity contribution is -0.141. The molecule has 1 saturated heterocycles. The molecular weight excluding hydrogens is 224 g/mol. The average molecular weight is 254 g/mol. The molecule has 0 saturated carbocycles. The Morgan fingerprint density at radius 1 is 1.33 bits per heavy atom. The standard InChI is InChI=1S/C15H30N2O/c1-6-9-16-13-8-10-17(11-12(13)7-2)14(18)15(3,4)5/h12-13,16H,6-11H2,1-5H3. The summed E-state index contributed by atoms with van der Waals surface area (Å²) in [4.78, 5) is 14.4. The highest BCUT2D eigenvalue weighted by molar-refractivity contribution is 5.81. The molecule has 0 spiro atoms. The second kappa shape index (κ2) is 6.55. The molecule has 3 heteroatoms. The summed E-state index contributed by atoms with van der Waals surface area (Å²) in [5.74, 6) is 0.909. The van der Waals surface area contributed by atoms with Crippen molar-refractivity contribution in [3.63, 3.8) is 0 Å². The van der Waals surface area contributed by atoms with Crippen LogP contribution in [0.2, 0.25) is 0 Å². The van der Waals surface area contributed by atoms with Crippen molar-refractivity contribution in [2.45, 2.75) is 59.9 Å². The van der Waals surface area contributed by atoms with Crippen LogP contribution in [0.1, 0.15) is 53.9 Å². The fourth-order valence-corrected chi connectivity index (χ4v) is 2.70. The lowest BCUT2D eigenvalue weighted by atomic mass is 9.87. The molecule has 0 aliphatic carbocycles. The third-order valence-electron chi connectivity index (χ3n) is 3.84. The molecular formula is C15H30N2O. The molecule has 1 aliphatic rings. The van der Waals surface area contributed by atoms with Crippen LogP contribution in [-0.2, 0) is 4.79 Å². The average Bonchev–Trinajstić information content (AvgIpc) is 2.34. The minimum atomic E-state index is -0.248. The van der Waals surface area contributed by atoms with E-state index in [0.29, 0.717) is 17.9 Å². The summed E-state index contributed by atoms with van der Waals surface area (Å²) in [5.41, 5.74) is -0.248. The van der Waals surface area contributed by atoms with Crippen molar-refractivity contribution in [1.82, 2.24) is 10.2 Å². The lowest BCUT2D eigenvalue weighted by Crippen LogP contribution is -2.53. The molecule has 1 rings (SSSR count). The Balaban J connectivity index is 2.58. The molecule has 1 N–H and O–H groups in total. The maximum absolute atomic E-state index is 12.3. The van der Waals surface area contributed by atoms with Crippen LogP contribution in [-0.4, -0.2) is 36.5 Å². The summed E-state index contributed by atoms with van der Waals surface area (Å²) in [6.45, 7) is 13.4. The van der Waals surface area contributed by atoms with Gasteiger partial charge in [0.05, 0.1) is 0 Å². The van der Waals surface area contributed by atoms with Gasteiger partial charge >= 0.3 is 0 Å². The van der Waals surface area contributed by atoms with Crippen LogP contribution in [0.3, 0.4) is 0 Å². The topological polar surface area (TPSA) is 32.3 Å². The van der Waals surface area contributed by atoms with Crippen molar-refractivity contribution in [3.8, 4) is 0 Å². The van der Waals surface area contributed by atoms with Crippen LogP contribution in [0.25, 0.3) is 0 Å². The van der Waals surface area contributed by atoms with E-state index in [1.54, 1.807) is 0 Å². The van der Waals surface area contributed by atoms with Crippen molar-refractivity contribution in [2.75, 3.05) is 19.6 Å². The van der Waals surface area contributed by atoms with E-state index in [2.05, 4.69) is 24.1 Å². The molecule has 2 atom stereocenters. The first kappa shape index (κ1) is 15.5. The van der Waals surface area contributed by atoms with Gasteiger partial charge in [-0.1, -0.05) is 41.0 Å². The highest BCUT2D eigenvalue weighted by atomic mass is 16.2. The monoisotopic (exact) mass is 254 g/mol. The highest BCUT2D eigenvalue weighted by Gasteiger charge is 2.34. The SMILES string of the molecule is CCCNC1CCN(C(=O)C(C)(C)C)CC1CC. The Morgan fingerprint density at radius 3 is 2.50 bits per heavy atom. The normalized spacial score (nSPS) is 25.3. The summed E-state index contributed by atoms with van der Waals surface area (Å²) in [6, 6.07) is 0.596. The van der Waals surface area contributed by atoms with Gasteiger partial charge in [0.15, 0.2) is 0 Å². The van der Waals surface area contributed by atoms with E-state index >= 15 is 0 Å². The molecule has 1 fully saturated rings. The van der Waals surface area contributed by atoms with Gasteiger partial charge in [0.2, 0.25) is 5.91 Å². The van der Waals surface area contributed by atoms with Gasteiger partial charge in [-0.25, -0.2) is 0 Å². The maximum Gasteiger partial charge on any atom is 0.227 e. The van der Waals surface area contributed by atoms with Crippen molar-refractivity contribution in [3.05, 3.63) is 0 Å². The van der Waals surface area contributed by atoms with E-state index in [-0.39, 0.29) is 5.41 Å². The van der Waals surface area contributed by atoms with E-state index in [1.807, 2.05) is 20.8 Å². The number of amides is 1. The number of piperidine rings is 1. The number of nitrogens with zero attached hydrogens (tertiary/aromatic N) is 1. The van der Waals surface area contributed by atoms with Crippen LogP contribution in [0.15, 0.2) is 0 Å². The Bertz CT molecular complexity index is 270. The number of hydrogen-bond donors (Lipinski definition) is 1. The summed E-state index contributed by atoms with van der Waals surface area (Å²) < 4.78 is 0. The van der Waals surface area contributed by atoms with Crippen LogP contribution >= 0.6 is 0 Å². The Hall–Kier alpha value is -0.570. The van der Waals surface area contributed by atoms with Crippen LogP contribution < -0.4 is 5.32 Å². The number of nitrogens with one attached hydrogen (secondary N) is 1. The van der Waals surface area contributed by atoms with Crippen molar-refractivity contribution in [1.29, 1.82) is 0 Å². The number of carbonyl (C=O) groups excluding carboxylic acids is 1. The quantitative estimate of drug-likeness (QED) is 0.836. The molecule has 2 unspecified atom stereocenters. The summed E-state index contributed by atoms with van der Waals surface area (Å²) in [7, 11) is 0. The second-order valence-electron chi connectivity index (χ2n) is 6.52. The first-order valence-electron chi connectivity index (χ1n) is 7.42. The van der Waals surface area contributed by atoms with E-state index in [4.69, 9.17) is 0 Å². The zero-order valence-electron chi connectivity index (χ0n) is 12.8. The summed E-state index contributed by atoms with van der Waals surface area (Å²) in [6.07, 6.45) is 3.42. The van der Waals surface area contributed by atoms with Crippen LogP contribution in [0.5, 0.6) is 0 Å².